The minimum absolute atomic E-state index is 0.111. The molecular formula is C19H15ClF2N2O. The van der Waals surface area contributed by atoms with Gasteiger partial charge in [-0.3, -0.25) is 4.79 Å². The van der Waals surface area contributed by atoms with E-state index < -0.39 is 23.0 Å². The van der Waals surface area contributed by atoms with Gasteiger partial charge in [-0.2, -0.15) is 0 Å². The van der Waals surface area contributed by atoms with Gasteiger partial charge in [0.1, 0.15) is 11.6 Å². The van der Waals surface area contributed by atoms with Crippen LogP contribution in [0.3, 0.4) is 0 Å². The molecule has 2 aromatic carbocycles. The highest BCUT2D eigenvalue weighted by molar-refractivity contribution is 6.31. The molecule has 3 aromatic rings. The Labute approximate surface area is 148 Å². The third-order valence-corrected chi connectivity index (χ3v) is 4.33. The van der Waals surface area contributed by atoms with Crippen molar-refractivity contribution in [1.29, 1.82) is 0 Å². The Morgan fingerprint density at radius 1 is 1.20 bits per heavy atom. The molecular weight excluding hydrogens is 346 g/mol. The molecule has 0 aliphatic heterocycles. The Hall–Kier alpha value is -2.53. The summed E-state index contributed by atoms with van der Waals surface area (Å²) in [5, 5.41) is 0.303. The van der Waals surface area contributed by atoms with E-state index in [1.54, 1.807) is 23.0 Å². The van der Waals surface area contributed by atoms with Crippen LogP contribution < -0.4 is 0 Å². The van der Waals surface area contributed by atoms with Crippen molar-refractivity contribution in [2.24, 2.45) is 0 Å². The molecule has 0 spiro atoms. The number of nitrogens with zero attached hydrogens (tertiary/aromatic N) is 2. The molecule has 0 unspecified atom stereocenters. The fourth-order valence-corrected chi connectivity index (χ4v) is 2.96. The van der Waals surface area contributed by atoms with Gasteiger partial charge in [0.15, 0.2) is 0 Å². The summed E-state index contributed by atoms with van der Waals surface area (Å²) < 4.78 is 29.8. The van der Waals surface area contributed by atoms with Gasteiger partial charge in [0.25, 0.3) is 0 Å². The molecule has 1 heterocycles. The predicted octanol–water partition coefficient (Wildman–Crippen LogP) is 4.91. The van der Waals surface area contributed by atoms with E-state index >= 15 is 0 Å². The fraction of sp³-hybridized carbons (Fsp3) is 0.158. The lowest BCUT2D eigenvalue weighted by molar-refractivity contribution is 0.103. The number of benzene rings is 2. The van der Waals surface area contributed by atoms with E-state index in [1.165, 1.54) is 12.1 Å². The minimum atomic E-state index is -0.910. The number of hydrogen-bond acceptors (Lipinski definition) is 2. The van der Waals surface area contributed by atoms with Crippen LogP contribution in [-0.4, -0.2) is 15.3 Å². The average Bonchev–Trinajstić information content (AvgIpc) is 2.95. The Kier molecular flexibility index (Phi) is 4.68. The van der Waals surface area contributed by atoms with E-state index in [1.807, 2.05) is 13.8 Å². The third-order valence-electron chi connectivity index (χ3n) is 4.10. The molecule has 0 radical (unpaired) electrons. The second-order valence-electron chi connectivity index (χ2n) is 5.59. The van der Waals surface area contributed by atoms with Gasteiger partial charge in [-0.25, -0.2) is 13.8 Å². The normalized spacial score (nSPS) is 10.9. The lowest BCUT2D eigenvalue weighted by Gasteiger charge is -2.13. The quantitative estimate of drug-likeness (QED) is 0.620. The van der Waals surface area contributed by atoms with Crippen LogP contribution in [0.25, 0.3) is 5.69 Å². The first-order chi connectivity index (χ1) is 11.9. The first kappa shape index (κ1) is 17.3. The van der Waals surface area contributed by atoms with Crippen molar-refractivity contribution in [3.63, 3.8) is 0 Å². The van der Waals surface area contributed by atoms with Gasteiger partial charge in [0, 0.05) is 16.3 Å². The number of carbonyl (C=O) groups is 1. The van der Waals surface area contributed by atoms with E-state index in [0.717, 1.165) is 29.9 Å². The highest BCUT2D eigenvalue weighted by Gasteiger charge is 2.23. The largest absolute Gasteiger partial charge is 0.303 e. The average molecular weight is 361 g/mol. The van der Waals surface area contributed by atoms with Crippen molar-refractivity contribution >= 4 is 17.4 Å². The van der Waals surface area contributed by atoms with E-state index in [-0.39, 0.29) is 5.56 Å². The Morgan fingerprint density at radius 2 is 1.88 bits per heavy atom. The van der Waals surface area contributed by atoms with Crippen LogP contribution in [0.15, 0.2) is 42.7 Å². The number of halogens is 3. The van der Waals surface area contributed by atoms with Gasteiger partial charge < -0.3 is 4.57 Å². The number of aromatic nitrogens is 2. The van der Waals surface area contributed by atoms with Crippen molar-refractivity contribution in [2.45, 2.75) is 20.3 Å². The molecule has 0 amide bonds. The second kappa shape index (κ2) is 6.76. The molecule has 0 fully saturated rings. The molecule has 25 heavy (non-hydrogen) atoms. The Balaban J connectivity index is 2.21. The first-order valence-corrected chi connectivity index (χ1v) is 8.13. The van der Waals surface area contributed by atoms with Crippen LogP contribution in [-0.2, 0) is 6.42 Å². The topological polar surface area (TPSA) is 34.9 Å². The van der Waals surface area contributed by atoms with Crippen molar-refractivity contribution in [3.8, 4) is 5.69 Å². The highest BCUT2D eigenvalue weighted by atomic mass is 35.5. The summed E-state index contributed by atoms with van der Waals surface area (Å²) in [4.78, 5) is 17.2. The molecule has 0 atom stereocenters. The molecule has 1 aromatic heterocycles. The van der Waals surface area contributed by atoms with Crippen LogP contribution in [0.1, 0.15) is 34.2 Å². The smallest absolute Gasteiger partial charge is 0.201 e. The van der Waals surface area contributed by atoms with Crippen LogP contribution in [0.2, 0.25) is 5.02 Å². The number of aryl methyl sites for hydroxylation is 1. The monoisotopic (exact) mass is 360 g/mol. The Morgan fingerprint density at radius 3 is 2.48 bits per heavy atom. The SMILES string of the molecule is CCc1ncn(-c2ccc(Cl)cc2C(=O)c2c(F)cccc2F)c1C. The maximum absolute atomic E-state index is 14.0. The van der Waals surface area contributed by atoms with Crippen molar-refractivity contribution in [3.05, 3.63) is 81.9 Å². The summed E-state index contributed by atoms with van der Waals surface area (Å²) in [6.07, 6.45) is 2.32. The molecule has 0 saturated heterocycles. The molecule has 0 aliphatic carbocycles. The van der Waals surface area contributed by atoms with E-state index in [0.29, 0.717) is 10.7 Å². The number of ketones is 1. The van der Waals surface area contributed by atoms with Crippen LogP contribution in [0.5, 0.6) is 0 Å². The van der Waals surface area contributed by atoms with Gasteiger partial charge in [-0.1, -0.05) is 24.6 Å². The molecule has 128 valence electrons. The van der Waals surface area contributed by atoms with Gasteiger partial charge in [-0.15, -0.1) is 0 Å². The minimum Gasteiger partial charge on any atom is -0.303 e. The molecule has 0 N–H and O–H groups in total. The molecule has 3 rings (SSSR count). The fourth-order valence-electron chi connectivity index (χ4n) is 2.79. The zero-order valence-corrected chi connectivity index (χ0v) is 14.4. The first-order valence-electron chi connectivity index (χ1n) is 7.75. The summed E-state index contributed by atoms with van der Waals surface area (Å²) in [7, 11) is 0. The molecule has 3 nitrogen and oxygen atoms in total. The van der Waals surface area contributed by atoms with Crippen molar-refractivity contribution in [2.75, 3.05) is 0 Å². The number of rotatable bonds is 4. The van der Waals surface area contributed by atoms with Gasteiger partial charge >= 0.3 is 0 Å². The number of carbonyl (C=O) groups excluding carboxylic acids is 1. The van der Waals surface area contributed by atoms with Crippen LogP contribution >= 0.6 is 11.6 Å². The summed E-state index contributed by atoms with van der Waals surface area (Å²) in [6, 6.07) is 8.00. The van der Waals surface area contributed by atoms with Gasteiger partial charge in [0.2, 0.25) is 5.78 Å². The summed E-state index contributed by atoms with van der Waals surface area (Å²) >= 11 is 6.02. The van der Waals surface area contributed by atoms with E-state index in [9.17, 15) is 13.6 Å². The summed E-state index contributed by atoms with van der Waals surface area (Å²) in [5.41, 5.74) is 1.72. The van der Waals surface area contributed by atoms with E-state index in [4.69, 9.17) is 11.6 Å². The predicted molar refractivity (Wildman–Crippen MR) is 92.5 cm³/mol. The number of hydrogen-bond donors (Lipinski definition) is 0. The molecule has 0 bridgehead atoms. The molecule has 0 aliphatic rings. The summed E-state index contributed by atoms with van der Waals surface area (Å²) in [5.74, 6) is -2.58. The van der Waals surface area contributed by atoms with Crippen LogP contribution in [0.4, 0.5) is 8.78 Å². The van der Waals surface area contributed by atoms with Crippen molar-refractivity contribution in [1.82, 2.24) is 9.55 Å². The van der Waals surface area contributed by atoms with Crippen molar-refractivity contribution < 1.29 is 13.6 Å². The standard InChI is InChI=1S/C19H15ClF2N2O/c1-3-16-11(2)24(10-23-16)17-8-7-12(20)9-13(17)19(25)18-14(21)5-4-6-15(18)22/h4-10H,3H2,1-2H3. The maximum Gasteiger partial charge on any atom is 0.201 e. The Bertz CT molecular complexity index is 946. The zero-order chi connectivity index (χ0) is 18.1. The molecule has 0 saturated carbocycles. The molecule has 6 heteroatoms. The highest BCUT2D eigenvalue weighted by Crippen LogP contribution is 2.26. The van der Waals surface area contributed by atoms with E-state index in [2.05, 4.69) is 4.98 Å². The maximum atomic E-state index is 14.0. The zero-order valence-electron chi connectivity index (χ0n) is 13.7. The number of imidazole rings is 1. The van der Waals surface area contributed by atoms with Crippen LogP contribution in [0, 0.1) is 18.6 Å². The van der Waals surface area contributed by atoms with Gasteiger partial charge in [-0.05, 0) is 43.7 Å². The lowest BCUT2D eigenvalue weighted by Crippen LogP contribution is -2.12. The van der Waals surface area contributed by atoms with Gasteiger partial charge in [0.05, 0.1) is 23.3 Å². The second-order valence-corrected chi connectivity index (χ2v) is 6.02. The summed E-state index contributed by atoms with van der Waals surface area (Å²) in [6.45, 7) is 3.85. The lowest BCUT2D eigenvalue weighted by atomic mass is 10.00. The third kappa shape index (κ3) is 3.07.